The third-order valence-electron chi connectivity index (χ3n) is 4.03. The highest BCUT2D eigenvalue weighted by Gasteiger charge is 2.21. The van der Waals surface area contributed by atoms with Gasteiger partial charge in [0.15, 0.2) is 0 Å². The molecule has 8 nitrogen and oxygen atoms in total. The molecule has 1 atom stereocenters. The van der Waals surface area contributed by atoms with Crippen LogP contribution in [-0.2, 0) is 16.0 Å². The number of hydrogen-bond donors (Lipinski definition) is 2. The number of amides is 2. The summed E-state index contributed by atoms with van der Waals surface area (Å²) in [6.07, 6.45) is 1.07. The second-order valence-corrected chi connectivity index (χ2v) is 6.78. The molecule has 26 heavy (non-hydrogen) atoms. The number of fused-ring (bicyclic) bond motifs is 1. The number of aromatic nitrogens is 2. The number of methoxy groups -OCH3 is 1. The molecule has 1 aliphatic rings. The lowest BCUT2D eigenvalue weighted by atomic mass is 9.96. The Morgan fingerprint density at radius 3 is 2.96 bits per heavy atom. The normalized spacial score (nSPS) is 15.5. The molecule has 138 valence electrons. The molecule has 1 aromatic heterocycles. The molecule has 0 saturated carbocycles. The summed E-state index contributed by atoms with van der Waals surface area (Å²) in [4.78, 5) is 23.7. The number of ether oxygens (including phenoxy) is 2. The van der Waals surface area contributed by atoms with Crippen molar-refractivity contribution in [1.82, 2.24) is 15.5 Å². The van der Waals surface area contributed by atoms with Crippen molar-refractivity contribution in [3.8, 4) is 11.5 Å². The lowest BCUT2D eigenvalue weighted by Gasteiger charge is -2.25. The first-order chi connectivity index (χ1) is 12.6. The molecule has 0 fully saturated rings. The van der Waals surface area contributed by atoms with Crippen LogP contribution in [0.15, 0.2) is 23.7 Å². The summed E-state index contributed by atoms with van der Waals surface area (Å²) in [5, 5.41) is 13.3. The third-order valence-corrected chi connectivity index (χ3v) is 4.64. The Bertz CT molecular complexity index is 766. The zero-order valence-electron chi connectivity index (χ0n) is 14.4. The van der Waals surface area contributed by atoms with E-state index in [0.29, 0.717) is 18.3 Å². The van der Waals surface area contributed by atoms with Gasteiger partial charge in [0.2, 0.25) is 16.9 Å². The smallest absolute Gasteiger partial charge is 0.226 e. The van der Waals surface area contributed by atoms with Gasteiger partial charge in [0.1, 0.15) is 17.0 Å². The van der Waals surface area contributed by atoms with Gasteiger partial charge in [-0.1, -0.05) is 17.4 Å². The van der Waals surface area contributed by atoms with E-state index in [1.807, 2.05) is 18.2 Å². The van der Waals surface area contributed by atoms with Gasteiger partial charge >= 0.3 is 0 Å². The number of nitrogens with one attached hydrogen (secondary N) is 2. The van der Waals surface area contributed by atoms with Crippen LogP contribution in [0.25, 0.3) is 0 Å². The summed E-state index contributed by atoms with van der Waals surface area (Å²) >= 11 is 1.23. The predicted molar refractivity (Wildman–Crippen MR) is 96.5 cm³/mol. The molecule has 2 N–H and O–H groups in total. The molecule has 0 aliphatic carbocycles. The van der Waals surface area contributed by atoms with E-state index in [1.54, 1.807) is 7.11 Å². The van der Waals surface area contributed by atoms with E-state index in [0.717, 1.165) is 23.5 Å². The topological polar surface area (TPSA) is 102 Å². The second-order valence-electron chi connectivity index (χ2n) is 5.95. The van der Waals surface area contributed by atoms with Gasteiger partial charge in [-0.25, -0.2) is 0 Å². The van der Waals surface area contributed by atoms with Gasteiger partial charge in [-0.3, -0.25) is 9.59 Å². The van der Waals surface area contributed by atoms with E-state index >= 15 is 0 Å². The summed E-state index contributed by atoms with van der Waals surface area (Å²) in [6, 6.07) is 5.76. The zero-order chi connectivity index (χ0) is 18.4. The average molecular weight is 376 g/mol. The van der Waals surface area contributed by atoms with E-state index < -0.39 is 0 Å². The van der Waals surface area contributed by atoms with Crippen LogP contribution in [0.2, 0.25) is 0 Å². The van der Waals surface area contributed by atoms with Crippen LogP contribution in [0, 0.1) is 5.92 Å². The molecule has 0 saturated heterocycles. The van der Waals surface area contributed by atoms with E-state index in [1.165, 1.54) is 16.8 Å². The van der Waals surface area contributed by atoms with Crippen molar-refractivity contribution < 1.29 is 19.1 Å². The van der Waals surface area contributed by atoms with Crippen molar-refractivity contribution in [2.24, 2.45) is 5.92 Å². The van der Waals surface area contributed by atoms with Gasteiger partial charge in [-0.05, 0) is 18.1 Å². The highest BCUT2D eigenvalue weighted by Crippen LogP contribution is 2.30. The molecule has 2 heterocycles. The summed E-state index contributed by atoms with van der Waals surface area (Å²) < 4.78 is 10.9. The van der Waals surface area contributed by atoms with Gasteiger partial charge in [-0.15, -0.1) is 10.2 Å². The third kappa shape index (κ3) is 4.92. The van der Waals surface area contributed by atoms with Crippen molar-refractivity contribution in [3.05, 3.63) is 29.3 Å². The first kappa shape index (κ1) is 18.1. The molecule has 0 bridgehead atoms. The average Bonchev–Trinajstić information content (AvgIpc) is 3.17. The second kappa shape index (κ2) is 8.61. The summed E-state index contributed by atoms with van der Waals surface area (Å²) in [5.41, 5.74) is 2.63. The van der Waals surface area contributed by atoms with E-state index in [4.69, 9.17) is 9.47 Å². The predicted octanol–water partition coefficient (Wildman–Crippen LogP) is 1.63. The molecule has 1 aromatic carbocycles. The van der Waals surface area contributed by atoms with E-state index in [-0.39, 0.29) is 30.6 Å². The van der Waals surface area contributed by atoms with Crippen molar-refractivity contribution >= 4 is 28.3 Å². The van der Waals surface area contributed by atoms with Gasteiger partial charge in [0, 0.05) is 31.4 Å². The highest BCUT2D eigenvalue weighted by atomic mass is 32.1. The number of hydrogen-bond acceptors (Lipinski definition) is 7. The lowest BCUT2D eigenvalue weighted by Crippen LogP contribution is -2.35. The first-order valence-electron chi connectivity index (χ1n) is 8.26. The quantitative estimate of drug-likeness (QED) is 0.761. The van der Waals surface area contributed by atoms with Crippen molar-refractivity contribution in [1.29, 1.82) is 0 Å². The Kier molecular flexibility index (Phi) is 6.00. The number of carbonyl (C=O) groups excluding carboxylic acids is 2. The maximum Gasteiger partial charge on any atom is 0.226 e. The van der Waals surface area contributed by atoms with Gasteiger partial charge in [0.25, 0.3) is 0 Å². The fraction of sp³-hybridized carbons (Fsp3) is 0.412. The van der Waals surface area contributed by atoms with Gasteiger partial charge in [0.05, 0.1) is 13.7 Å². The summed E-state index contributed by atoms with van der Waals surface area (Å²) in [6.45, 7) is 1.06. The fourth-order valence-corrected chi connectivity index (χ4v) is 3.12. The molecule has 3 rings (SSSR count). The van der Waals surface area contributed by atoms with Crippen molar-refractivity contribution in [3.63, 3.8) is 0 Å². The van der Waals surface area contributed by atoms with Gasteiger partial charge < -0.3 is 20.1 Å². The number of nitrogens with zero attached hydrogens (tertiary/aromatic N) is 2. The molecule has 0 spiro atoms. The number of anilines is 1. The molecule has 2 amide bonds. The standard InChI is InChI=1S/C17H20N4O4S/c1-24-13-3-2-12-6-11(9-25-14(12)7-13)8-18-15(22)4-5-16(23)20-17-21-19-10-26-17/h2-3,7,10-11H,4-6,8-9H2,1H3,(H,18,22)(H,20,21,23). The van der Waals surface area contributed by atoms with Crippen molar-refractivity contribution in [2.45, 2.75) is 19.3 Å². The maximum absolute atomic E-state index is 11.9. The van der Waals surface area contributed by atoms with Crippen molar-refractivity contribution in [2.75, 3.05) is 25.6 Å². The lowest BCUT2D eigenvalue weighted by molar-refractivity contribution is -0.124. The molecule has 1 unspecified atom stereocenters. The minimum absolute atomic E-state index is 0.106. The number of rotatable bonds is 7. The Labute approximate surface area is 154 Å². The van der Waals surface area contributed by atoms with Gasteiger partial charge in [-0.2, -0.15) is 0 Å². The summed E-state index contributed by atoms with van der Waals surface area (Å²) in [5.74, 6) is 1.40. The monoisotopic (exact) mass is 376 g/mol. The van der Waals surface area contributed by atoms with Crippen LogP contribution in [0.5, 0.6) is 11.5 Å². The van der Waals surface area contributed by atoms with E-state index in [9.17, 15) is 9.59 Å². The molecule has 0 radical (unpaired) electrons. The largest absolute Gasteiger partial charge is 0.497 e. The highest BCUT2D eigenvalue weighted by molar-refractivity contribution is 7.13. The van der Waals surface area contributed by atoms with Crippen LogP contribution in [0.4, 0.5) is 5.13 Å². The Hall–Kier alpha value is -2.68. The Morgan fingerprint density at radius 2 is 2.19 bits per heavy atom. The zero-order valence-corrected chi connectivity index (χ0v) is 15.2. The molecule has 2 aromatic rings. The molecule has 9 heteroatoms. The number of carbonyl (C=O) groups is 2. The molecular formula is C17H20N4O4S. The van der Waals surface area contributed by atoms with Crippen LogP contribution in [0.3, 0.4) is 0 Å². The Morgan fingerprint density at radius 1 is 1.35 bits per heavy atom. The fourth-order valence-electron chi connectivity index (χ4n) is 2.66. The Balaban J connectivity index is 1.38. The van der Waals surface area contributed by atoms with Crippen LogP contribution < -0.4 is 20.1 Å². The van der Waals surface area contributed by atoms with Crippen LogP contribution >= 0.6 is 11.3 Å². The molecule has 1 aliphatic heterocycles. The minimum atomic E-state index is -0.249. The SMILES string of the molecule is COc1ccc2c(c1)OCC(CNC(=O)CCC(=O)Nc1nncs1)C2. The number of benzene rings is 1. The first-order valence-corrected chi connectivity index (χ1v) is 9.14. The summed E-state index contributed by atoms with van der Waals surface area (Å²) in [7, 11) is 1.62. The van der Waals surface area contributed by atoms with Crippen LogP contribution in [0.1, 0.15) is 18.4 Å². The van der Waals surface area contributed by atoms with Crippen LogP contribution in [-0.4, -0.2) is 42.3 Å². The van der Waals surface area contributed by atoms with E-state index in [2.05, 4.69) is 20.8 Å². The maximum atomic E-state index is 11.9. The molecular weight excluding hydrogens is 356 g/mol. The minimum Gasteiger partial charge on any atom is -0.497 e.